The third-order valence-electron chi connectivity index (χ3n) is 17.3. The van der Waals surface area contributed by atoms with Crippen LogP contribution in [0.3, 0.4) is 0 Å². The zero-order valence-electron chi connectivity index (χ0n) is 30.9. The van der Waals surface area contributed by atoms with Crippen LogP contribution in [-0.2, 0) is 4.79 Å². The van der Waals surface area contributed by atoms with Crippen molar-refractivity contribution in [3.63, 3.8) is 0 Å². The number of hydrogen-bond donors (Lipinski definition) is 0. The summed E-state index contributed by atoms with van der Waals surface area (Å²) in [5, 5.41) is 1.78. The van der Waals surface area contributed by atoms with Gasteiger partial charge in [0.25, 0.3) is 0 Å². The van der Waals surface area contributed by atoms with Crippen LogP contribution >= 0.6 is 11.8 Å². The van der Waals surface area contributed by atoms with Gasteiger partial charge in [-0.1, -0.05) is 70.6 Å². The third kappa shape index (κ3) is 6.24. The summed E-state index contributed by atoms with van der Waals surface area (Å²) in [4.78, 5) is 20.1. The standard InChI is InChI=1S/C44H72N2OS/c47-42(32-12-4-1-5-13-32)33-20-22-34(23-21-33)43-26-28-44(31-43,29-27-43)46-38-18-10-11-19-40(38)48-41-30-37(24-25-39(41)46)45(35-14-6-2-7-15-35)36-16-8-3-9-17-36/h32-41H,1-31H2. The molecule has 3 nitrogen and oxygen atoms in total. The van der Waals surface area contributed by atoms with Gasteiger partial charge in [-0.3, -0.25) is 14.6 Å². The first kappa shape index (κ1) is 33.8. The number of ketones is 1. The molecule has 270 valence electrons. The van der Waals surface area contributed by atoms with E-state index < -0.39 is 0 Å². The van der Waals surface area contributed by atoms with E-state index in [1.165, 1.54) is 199 Å². The molecule has 0 spiro atoms. The lowest BCUT2D eigenvalue weighted by atomic mass is 9.64. The van der Waals surface area contributed by atoms with Crippen LogP contribution in [0.4, 0.5) is 0 Å². The summed E-state index contributed by atoms with van der Waals surface area (Å²) in [7, 11) is 0. The summed E-state index contributed by atoms with van der Waals surface area (Å²) in [5.74, 6) is 2.43. The van der Waals surface area contributed by atoms with Gasteiger partial charge in [0.1, 0.15) is 5.78 Å². The smallest absolute Gasteiger partial charge is 0.139 e. The van der Waals surface area contributed by atoms with Crippen LogP contribution in [0.15, 0.2) is 0 Å². The van der Waals surface area contributed by atoms with Gasteiger partial charge in [-0.2, -0.15) is 11.8 Å². The van der Waals surface area contributed by atoms with Crippen molar-refractivity contribution in [2.75, 3.05) is 0 Å². The Morgan fingerprint density at radius 3 is 1.75 bits per heavy atom. The first-order valence-electron chi connectivity index (χ1n) is 22.4. The minimum absolute atomic E-state index is 0.410. The Bertz CT molecular complexity index is 1070. The number of rotatable bonds is 7. The van der Waals surface area contributed by atoms with E-state index in [1.807, 2.05) is 0 Å². The van der Waals surface area contributed by atoms with Gasteiger partial charge >= 0.3 is 0 Å². The summed E-state index contributed by atoms with van der Waals surface area (Å²) in [5.41, 5.74) is 1.12. The SMILES string of the molecule is O=C(C1CCCCC1)C1CCC(C23CCC(N4C5CCCCC5SC5CC(N(C6CCCCC6)C6CCCCC6)CCC54)(CC2)C3)CC1. The maximum absolute atomic E-state index is 13.5. The molecule has 9 aliphatic rings. The summed E-state index contributed by atoms with van der Waals surface area (Å²) in [6.45, 7) is 0. The maximum atomic E-state index is 13.5. The molecule has 5 atom stereocenters. The molecule has 0 aromatic rings. The van der Waals surface area contributed by atoms with Crippen LogP contribution in [0.1, 0.15) is 199 Å². The largest absolute Gasteiger partial charge is 0.299 e. The highest BCUT2D eigenvalue weighted by molar-refractivity contribution is 8.00. The minimum atomic E-state index is 0.410. The second-order valence-corrected chi connectivity index (χ2v) is 21.1. The minimum Gasteiger partial charge on any atom is -0.299 e. The molecule has 0 amide bonds. The van der Waals surface area contributed by atoms with Gasteiger partial charge in [-0.25, -0.2) is 0 Å². The summed E-state index contributed by atoms with van der Waals surface area (Å²) in [6.07, 6.45) is 44.4. The van der Waals surface area contributed by atoms with E-state index in [2.05, 4.69) is 21.6 Å². The zero-order valence-corrected chi connectivity index (χ0v) is 31.7. The van der Waals surface area contributed by atoms with Crippen LogP contribution in [0.5, 0.6) is 0 Å². The van der Waals surface area contributed by atoms with E-state index in [4.69, 9.17) is 0 Å². The average Bonchev–Trinajstić information content (AvgIpc) is 3.74. The number of fused-ring (bicyclic) bond motifs is 4. The van der Waals surface area contributed by atoms with E-state index in [0.29, 0.717) is 28.6 Å². The first-order valence-corrected chi connectivity index (χ1v) is 23.3. The van der Waals surface area contributed by atoms with Crippen LogP contribution < -0.4 is 0 Å². The van der Waals surface area contributed by atoms with E-state index in [9.17, 15) is 4.79 Å². The Labute approximate surface area is 299 Å². The summed E-state index contributed by atoms with van der Waals surface area (Å²) >= 11 is 2.54. The molecule has 1 saturated heterocycles. The van der Waals surface area contributed by atoms with Crippen molar-refractivity contribution >= 4 is 17.5 Å². The molecule has 9 rings (SSSR count). The highest BCUT2D eigenvalue weighted by Gasteiger charge is 2.64. The van der Waals surface area contributed by atoms with Gasteiger partial charge < -0.3 is 0 Å². The van der Waals surface area contributed by atoms with Gasteiger partial charge in [0.05, 0.1) is 0 Å². The lowest BCUT2D eigenvalue weighted by Gasteiger charge is -2.61. The monoisotopic (exact) mass is 677 g/mol. The molecule has 2 bridgehead atoms. The molecule has 0 N–H and O–H groups in total. The van der Waals surface area contributed by atoms with Crippen LogP contribution in [-0.4, -0.2) is 61.8 Å². The predicted octanol–water partition coefficient (Wildman–Crippen LogP) is 11.3. The lowest BCUT2D eigenvalue weighted by molar-refractivity contribution is -0.129. The second kappa shape index (κ2) is 14.4. The maximum Gasteiger partial charge on any atom is 0.139 e. The molecule has 1 heterocycles. The molecule has 5 unspecified atom stereocenters. The number of thioether (sulfide) groups is 1. The Kier molecular flexibility index (Phi) is 10.1. The van der Waals surface area contributed by atoms with Gasteiger partial charge in [-0.15, -0.1) is 0 Å². The predicted molar refractivity (Wildman–Crippen MR) is 202 cm³/mol. The topological polar surface area (TPSA) is 23.6 Å². The second-order valence-electron chi connectivity index (χ2n) is 19.6. The highest BCUT2D eigenvalue weighted by atomic mass is 32.2. The van der Waals surface area contributed by atoms with Crippen LogP contribution in [0, 0.1) is 23.2 Å². The number of Topliss-reactive ketones (excluding diaryl/α,β-unsaturated/α-hetero) is 1. The number of nitrogens with zero attached hydrogens (tertiary/aromatic N) is 2. The van der Waals surface area contributed by atoms with E-state index in [1.54, 1.807) is 0 Å². The van der Waals surface area contributed by atoms with Crippen molar-refractivity contribution in [1.29, 1.82) is 0 Å². The summed E-state index contributed by atoms with van der Waals surface area (Å²) in [6, 6.07) is 4.37. The van der Waals surface area contributed by atoms with Crippen molar-refractivity contribution in [3.8, 4) is 0 Å². The Balaban J connectivity index is 0.908. The normalized spacial score (nSPS) is 45.2. The average molecular weight is 677 g/mol. The van der Waals surface area contributed by atoms with Crippen molar-refractivity contribution in [2.45, 2.75) is 245 Å². The molecule has 0 aromatic carbocycles. The summed E-state index contributed by atoms with van der Waals surface area (Å²) < 4.78 is 0. The molecule has 8 aliphatic carbocycles. The van der Waals surface area contributed by atoms with Gasteiger partial charge in [0.15, 0.2) is 0 Å². The molecule has 9 fully saturated rings. The Morgan fingerprint density at radius 1 is 0.521 bits per heavy atom. The molecular formula is C44H72N2OS. The molecule has 1 aliphatic heterocycles. The molecule has 4 heteroatoms. The Hall–Kier alpha value is -0.0600. The van der Waals surface area contributed by atoms with E-state index in [-0.39, 0.29) is 0 Å². The van der Waals surface area contributed by atoms with Crippen molar-refractivity contribution in [1.82, 2.24) is 9.80 Å². The zero-order chi connectivity index (χ0) is 32.1. The van der Waals surface area contributed by atoms with Crippen LogP contribution in [0.2, 0.25) is 0 Å². The van der Waals surface area contributed by atoms with Crippen molar-refractivity contribution in [3.05, 3.63) is 0 Å². The fraction of sp³-hybridized carbons (Fsp3) is 0.977. The van der Waals surface area contributed by atoms with Gasteiger partial charge in [0, 0.05) is 58.1 Å². The van der Waals surface area contributed by atoms with Crippen molar-refractivity contribution < 1.29 is 4.79 Å². The van der Waals surface area contributed by atoms with E-state index in [0.717, 1.165) is 46.6 Å². The van der Waals surface area contributed by atoms with E-state index >= 15 is 0 Å². The number of carbonyl (C=O) groups excluding carboxylic acids is 1. The quantitative estimate of drug-likeness (QED) is 0.268. The van der Waals surface area contributed by atoms with Gasteiger partial charge in [0.2, 0.25) is 0 Å². The molecule has 0 aromatic heterocycles. The lowest BCUT2D eigenvalue weighted by Crippen LogP contribution is -2.67. The van der Waals surface area contributed by atoms with Crippen molar-refractivity contribution in [2.24, 2.45) is 23.2 Å². The number of hydrogen-bond acceptors (Lipinski definition) is 4. The number of carbonyl (C=O) groups is 1. The van der Waals surface area contributed by atoms with Crippen LogP contribution in [0.25, 0.3) is 0 Å². The highest BCUT2D eigenvalue weighted by Crippen LogP contribution is 2.67. The Morgan fingerprint density at radius 2 is 1.08 bits per heavy atom. The fourth-order valence-electron chi connectivity index (χ4n) is 15.0. The third-order valence-corrected chi connectivity index (χ3v) is 19.0. The van der Waals surface area contributed by atoms with Gasteiger partial charge in [-0.05, 0) is 140 Å². The first-order chi connectivity index (χ1) is 23.6. The molecule has 0 radical (unpaired) electrons. The molecule has 48 heavy (non-hydrogen) atoms. The molecule has 8 saturated carbocycles. The molecular weight excluding hydrogens is 605 g/mol. The fourth-order valence-corrected chi connectivity index (χ4v) is 17.0.